The van der Waals surface area contributed by atoms with Crippen molar-refractivity contribution in [3.63, 3.8) is 0 Å². The molecule has 0 spiro atoms. The van der Waals surface area contributed by atoms with E-state index in [2.05, 4.69) is 22.9 Å². The highest BCUT2D eigenvalue weighted by atomic mass is 79.9. The molecule has 6 heteroatoms. The maximum atomic E-state index is 11.9. The minimum absolute atomic E-state index is 0.211. The average molecular weight is 422 g/mol. The van der Waals surface area contributed by atoms with Gasteiger partial charge in [0.1, 0.15) is 5.82 Å². The van der Waals surface area contributed by atoms with Crippen molar-refractivity contribution in [1.82, 2.24) is 9.55 Å². The van der Waals surface area contributed by atoms with Crippen molar-refractivity contribution < 1.29 is 9.90 Å². The second kappa shape index (κ2) is 7.18. The molecule has 0 aliphatic heterocycles. The fourth-order valence-electron chi connectivity index (χ4n) is 2.95. The average Bonchev–Trinajstić information content (AvgIpc) is 2.96. The second-order valence-electron chi connectivity index (χ2n) is 5.95. The zero-order valence-electron chi connectivity index (χ0n) is 14.0. The fourth-order valence-corrected chi connectivity index (χ4v) is 3.59. The fraction of sp³-hybridized carbons (Fsp3) is 0.263. The highest BCUT2D eigenvalue weighted by Gasteiger charge is 2.23. The van der Waals surface area contributed by atoms with Crippen molar-refractivity contribution in [2.75, 3.05) is 0 Å². The molecule has 1 heterocycles. The van der Waals surface area contributed by atoms with Crippen LogP contribution >= 0.6 is 27.5 Å². The van der Waals surface area contributed by atoms with Crippen LogP contribution in [0.3, 0.4) is 0 Å². The van der Waals surface area contributed by atoms with Crippen molar-refractivity contribution in [3.8, 4) is 5.69 Å². The van der Waals surface area contributed by atoms with Crippen molar-refractivity contribution in [3.05, 3.63) is 56.8 Å². The van der Waals surface area contributed by atoms with E-state index >= 15 is 0 Å². The van der Waals surface area contributed by atoms with E-state index in [1.165, 1.54) is 0 Å². The summed E-state index contributed by atoms with van der Waals surface area (Å²) in [6.07, 6.45) is 2.75. The molecule has 1 N–H and O–H groups in total. The van der Waals surface area contributed by atoms with Crippen LogP contribution in [0.15, 0.2) is 34.8 Å². The highest BCUT2D eigenvalue weighted by molar-refractivity contribution is 9.10. The van der Waals surface area contributed by atoms with Gasteiger partial charge in [-0.2, -0.15) is 0 Å². The van der Waals surface area contributed by atoms with Crippen molar-refractivity contribution in [2.24, 2.45) is 0 Å². The van der Waals surface area contributed by atoms with E-state index < -0.39 is 5.97 Å². The lowest BCUT2D eigenvalue weighted by Crippen LogP contribution is -2.06. The smallest absolute Gasteiger partial charge is 0.337 e. The molecule has 0 bridgehead atoms. The number of hydrogen-bond acceptors (Lipinski definition) is 2. The zero-order valence-corrected chi connectivity index (χ0v) is 16.4. The maximum absolute atomic E-state index is 11.9. The van der Waals surface area contributed by atoms with E-state index in [0.717, 1.165) is 40.8 Å². The number of aryl methyl sites for hydroxylation is 2. The summed E-state index contributed by atoms with van der Waals surface area (Å²) in [5, 5.41) is 10.3. The number of aromatic nitrogens is 2. The summed E-state index contributed by atoms with van der Waals surface area (Å²) in [5.41, 5.74) is 3.17. The maximum Gasteiger partial charge on any atom is 0.337 e. The van der Waals surface area contributed by atoms with Crippen LogP contribution in [0, 0.1) is 6.92 Å². The Hall–Kier alpha value is -1.85. The molecule has 4 nitrogen and oxygen atoms in total. The van der Waals surface area contributed by atoms with Crippen molar-refractivity contribution >= 4 is 44.5 Å². The molecule has 0 atom stereocenters. The molecule has 0 aliphatic carbocycles. The number of aromatic carboxylic acids is 1. The molecular weight excluding hydrogens is 404 g/mol. The normalized spacial score (nSPS) is 11.2. The first-order valence-electron chi connectivity index (χ1n) is 8.14. The van der Waals surface area contributed by atoms with Crippen LogP contribution < -0.4 is 0 Å². The molecule has 0 unspecified atom stereocenters. The number of rotatable bonds is 5. The Morgan fingerprint density at radius 1 is 1.36 bits per heavy atom. The summed E-state index contributed by atoms with van der Waals surface area (Å²) in [6.45, 7) is 4.05. The third kappa shape index (κ3) is 3.18. The summed E-state index contributed by atoms with van der Waals surface area (Å²) in [6, 6.07) is 9.08. The lowest BCUT2D eigenvalue weighted by Gasteiger charge is -2.13. The lowest BCUT2D eigenvalue weighted by molar-refractivity contribution is 0.0698. The molecule has 1 aromatic heterocycles. The van der Waals surface area contributed by atoms with Crippen LogP contribution in [0.4, 0.5) is 0 Å². The number of carbonyl (C=O) groups is 1. The molecule has 0 aliphatic rings. The van der Waals surface area contributed by atoms with E-state index in [1.807, 2.05) is 29.7 Å². The van der Waals surface area contributed by atoms with Gasteiger partial charge < -0.3 is 5.11 Å². The summed E-state index contributed by atoms with van der Waals surface area (Å²) in [4.78, 5) is 16.7. The number of halogens is 2. The Labute approximate surface area is 159 Å². The predicted octanol–water partition coefficient (Wildman–Crippen LogP) is 5.79. The Morgan fingerprint density at radius 2 is 2.08 bits per heavy atom. The number of carboxylic acid groups (broad SMARTS) is 1. The largest absolute Gasteiger partial charge is 0.478 e. The van der Waals surface area contributed by atoms with Gasteiger partial charge in [-0.05, 0) is 37.1 Å². The van der Waals surface area contributed by atoms with Gasteiger partial charge in [0.05, 0.1) is 27.3 Å². The van der Waals surface area contributed by atoms with Gasteiger partial charge in [0.15, 0.2) is 0 Å². The Kier molecular flexibility index (Phi) is 5.16. The van der Waals surface area contributed by atoms with E-state index in [-0.39, 0.29) is 5.56 Å². The Morgan fingerprint density at radius 3 is 2.72 bits per heavy atom. The van der Waals surface area contributed by atoms with Gasteiger partial charge in [-0.25, -0.2) is 9.78 Å². The molecule has 0 saturated heterocycles. The topological polar surface area (TPSA) is 55.1 Å². The van der Waals surface area contributed by atoms with E-state index in [0.29, 0.717) is 16.1 Å². The second-order valence-corrected chi connectivity index (χ2v) is 7.21. The number of para-hydroxylation sites is 1. The highest BCUT2D eigenvalue weighted by Crippen LogP contribution is 2.34. The molecule has 0 saturated carbocycles. The number of imidazole rings is 1. The lowest BCUT2D eigenvalue weighted by atomic mass is 10.1. The molecule has 25 heavy (non-hydrogen) atoms. The van der Waals surface area contributed by atoms with Gasteiger partial charge in [-0.3, -0.25) is 4.57 Å². The van der Waals surface area contributed by atoms with Crippen LogP contribution in [0.5, 0.6) is 0 Å². The van der Waals surface area contributed by atoms with E-state index in [9.17, 15) is 9.90 Å². The molecule has 3 aromatic rings. The summed E-state index contributed by atoms with van der Waals surface area (Å²) < 4.78 is 2.64. The van der Waals surface area contributed by atoms with Gasteiger partial charge in [0, 0.05) is 10.9 Å². The monoisotopic (exact) mass is 420 g/mol. The van der Waals surface area contributed by atoms with E-state index in [4.69, 9.17) is 16.6 Å². The predicted molar refractivity (Wildman–Crippen MR) is 104 cm³/mol. The zero-order chi connectivity index (χ0) is 18.1. The molecule has 2 aromatic carbocycles. The summed E-state index contributed by atoms with van der Waals surface area (Å²) in [7, 11) is 0. The minimum Gasteiger partial charge on any atom is -0.478 e. The number of hydrogen-bond donors (Lipinski definition) is 1. The summed E-state index contributed by atoms with van der Waals surface area (Å²) >= 11 is 9.87. The first kappa shape index (κ1) is 18.0. The van der Waals surface area contributed by atoms with Crippen LogP contribution in [0.25, 0.3) is 16.7 Å². The minimum atomic E-state index is -0.985. The summed E-state index contributed by atoms with van der Waals surface area (Å²) in [5.74, 6) is -0.158. The van der Waals surface area contributed by atoms with Crippen LogP contribution in [0.2, 0.25) is 5.02 Å². The standard InChI is InChI=1S/C19H18BrClN2O2/c1-3-4-9-16-22-17-11(2)13(20)10-12(19(24)25)18(17)23(16)15-8-6-5-7-14(15)21/h5-8,10H,3-4,9H2,1-2H3,(H,24,25). The first-order chi connectivity index (χ1) is 12.0. The number of carboxylic acids is 1. The van der Waals surface area contributed by atoms with Crippen LogP contribution in [-0.4, -0.2) is 20.6 Å². The van der Waals surface area contributed by atoms with E-state index in [1.54, 1.807) is 12.1 Å². The number of fused-ring (bicyclic) bond motifs is 1. The number of nitrogens with zero attached hydrogens (tertiary/aromatic N) is 2. The van der Waals surface area contributed by atoms with Crippen LogP contribution in [-0.2, 0) is 6.42 Å². The Bertz CT molecular complexity index is 966. The molecule has 130 valence electrons. The number of unbranched alkanes of at least 4 members (excludes halogenated alkanes) is 1. The third-order valence-electron chi connectivity index (χ3n) is 4.26. The van der Waals surface area contributed by atoms with Gasteiger partial charge in [0.25, 0.3) is 0 Å². The SMILES string of the molecule is CCCCc1nc2c(C)c(Br)cc(C(=O)O)c2n1-c1ccccc1Cl. The number of benzene rings is 2. The molecular formula is C19H18BrClN2O2. The molecule has 3 rings (SSSR count). The van der Waals surface area contributed by atoms with Gasteiger partial charge >= 0.3 is 5.97 Å². The first-order valence-corrected chi connectivity index (χ1v) is 9.31. The van der Waals surface area contributed by atoms with Crippen LogP contribution in [0.1, 0.15) is 41.5 Å². The third-order valence-corrected chi connectivity index (χ3v) is 5.41. The van der Waals surface area contributed by atoms with Gasteiger partial charge in [-0.15, -0.1) is 0 Å². The van der Waals surface area contributed by atoms with Crippen molar-refractivity contribution in [2.45, 2.75) is 33.1 Å². The van der Waals surface area contributed by atoms with Crippen molar-refractivity contribution in [1.29, 1.82) is 0 Å². The quantitative estimate of drug-likeness (QED) is 0.567. The Balaban J connectivity index is 2.44. The molecule has 0 amide bonds. The molecule has 0 fully saturated rings. The van der Waals surface area contributed by atoms with Gasteiger partial charge in [0.2, 0.25) is 0 Å². The molecule has 0 radical (unpaired) electrons. The van der Waals surface area contributed by atoms with Gasteiger partial charge in [-0.1, -0.05) is 53.0 Å².